The molecule has 3 aliphatic rings. The van der Waals surface area contributed by atoms with Gasteiger partial charge in [-0.3, -0.25) is 14.4 Å². The van der Waals surface area contributed by atoms with Crippen LogP contribution in [0.5, 0.6) is 5.75 Å². The maximum absolute atomic E-state index is 13.6. The predicted molar refractivity (Wildman–Crippen MR) is 131 cm³/mol. The second kappa shape index (κ2) is 9.44. The van der Waals surface area contributed by atoms with Crippen LogP contribution in [-0.2, 0) is 32.7 Å². The van der Waals surface area contributed by atoms with Crippen molar-refractivity contribution in [1.82, 2.24) is 14.4 Å². The quantitative estimate of drug-likeness (QED) is 0.567. The largest absolute Gasteiger partial charge is 0.492 e. The van der Waals surface area contributed by atoms with Crippen molar-refractivity contribution in [3.05, 3.63) is 63.6 Å². The molecule has 36 heavy (non-hydrogen) atoms. The molecular formula is C27H31N3O6. The standard InChI is InChI=1S/C27H31N3O6/c1-28-16-18(14-22(28)31)17-36-21-15-23(32)30-13-12-29(11-8-20(30)24(21)25(33)35-2)26(34)27(9-10-27)19-6-4-3-5-7-19/h3-7,15,18H,8-14,16-17H2,1-2H3/t18-/m0/s1. The van der Waals surface area contributed by atoms with E-state index in [9.17, 15) is 19.2 Å². The van der Waals surface area contributed by atoms with E-state index in [-0.39, 0.29) is 47.8 Å². The number of fused-ring (bicyclic) bond motifs is 1. The first-order chi connectivity index (χ1) is 17.3. The first kappa shape index (κ1) is 24.1. The summed E-state index contributed by atoms with van der Waals surface area (Å²) < 4.78 is 12.6. The van der Waals surface area contributed by atoms with E-state index < -0.39 is 11.4 Å². The molecule has 0 spiro atoms. The summed E-state index contributed by atoms with van der Waals surface area (Å²) in [5.74, 6) is -0.317. The highest BCUT2D eigenvalue weighted by atomic mass is 16.5. The molecule has 1 aromatic heterocycles. The normalized spacial score (nSPS) is 20.5. The fraction of sp³-hybridized carbons (Fsp3) is 0.481. The Balaban J connectivity index is 1.39. The zero-order valence-electron chi connectivity index (χ0n) is 20.7. The average Bonchev–Trinajstić information content (AvgIpc) is 3.66. The summed E-state index contributed by atoms with van der Waals surface area (Å²) in [6, 6.07) is 11.2. The van der Waals surface area contributed by atoms with Gasteiger partial charge in [-0.1, -0.05) is 30.3 Å². The number of esters is 1. The molecular weight excluding hydrogens is 462 g/mol. The Labute approximate surface area is 209 Å². The molecule has 1 atom stereocenters. The number of ether oxygens (including phenoxy) is 2. The monoisotopic (exact) mass is 493 g/mol. The first-order valence-corrected chi connectivity index (χ1v) is 12.4. The van der Waals surface area contributed by atoms with E-state index in [0.29, 0.717) is 38.2 Å². The number of hydrogen-bond donors (Lipinski definition) is 0. The zero-order chi connectivity index (χ0) is 25.4. The molecule has 2 aromatic rings. The highest BCUT2D eigenvalue weighted by Gasteiger charge is 2.53. The summed E-state index contributed by atoms with van der Waals surface area (Å²) in [7, 11) is 3.04. The lowest BCUT2D eigenvalue weighted by Crippen LogP contribution is -2.41. The van der Waals surface area contributed by atoms with Crippen molar-refractivity contribution in [2.45, 2.75) is 37.6 Å². The fourth-order valence-electron chi connectivity index (χ4n) is 5.47. The van der Waals surface area contributed by atoms with Crippen LogP contribution >= 0.6 is 0 Å². The van der Waals surface area contributed by atoms with Crippen molar-refractivity contribution >= 4 is 17.8 Å². The SMILES string of the molecule is COC(=O)c1c(OC[C@H]2CC(=O)N(C)C2)cc(=O)n2c1CCN(C(=O)C1(c3ccccc3)CC1)CC2. The molecule has 0 bridgehead atoms. The number of carbonyl (C=O) groups is 3. The molecule has 0 unspecified atom stereocenters. The molecule has 2 fully saturated rings. The number of benzene rings is 1. The lowest BCUT2D eigenvalue weighted by atomic mass is 9.94. The van der Waals surface area contributed by atoms with E-state index in [2.05, 4.69) is 0 Å². The van der Waals surface area contributed by atoms with E-state index >= 15 is 0 Å². The van der Waals surface area contributed by atoms with E-state index in [4.69, 9.17) is 9.47 Å². The second-order valence-corrected chi connectivity index (χ2v) is 9.96. The van der Waals surface area contributed by atoms with Crippen molar-refractivity contribution in [2.24, 2.45) is 5.92 Å². The van der Waals surface area contributed by atoms with Crippen LogP contribution in [-0.4, -0.2) is 72.5 Å². The van der Waals surface area contributed by atoms with Crippen LogP contribution in [0.15, 0.2) is 41.2 Å². The minimum Gasteiger partial charge on any atom is -0.492 e. The molecule has 3 heterocycles. The minimum atomic E-state index is -0.587. The summed E-state index contributed by atoms with van der Waals surface area (Å²) >= 11 is 0. The van der Waals surface area contributed by atoms with Gasteiger partial charge in [0.15, 0.2) is 0 Å². The molecule has 1 aromatic carbocycles. The number of likely N-dealkylation sites (tertiary alicyclic amines) is 1. The highest BCUT2D eigenvalue weighted by molar-refractivity contribution is 5.94. The van der Waals surface area contributed by atoms with E-state index in [1.807, 2.05) is 35.2 Å². The van der Waals surface area contributed by atoms with Crippen LogP contribution in [0.4, 0.5) is 0 Å². The van der Waals surface area contributed by atoms with Crippen LogP contribution in [0.2, 0.25) is 0 Å². The van der Waals surface area contributed by atoms with Crippen molar-refractivity contribution in [1.29, 1.82) is 0 Å². The Morgan fingerprint density at radius 3 is 2.47 bits per heavy atom. The Kier molecular flexibility index (Phi) is 6.32. The van der Waals surface area contributed by atoms with Crippen LogP contribution < -0.4 is 10.3 Å². The second-order valence-electron chi connectivity index (χ2n) is 9.96. The Morgan fingerprint density at radius 1 is 1.08 bits per heavy atom. The van der Waals surface area contributed by atoms with Gasteiger partial charge in [-0.05, 0) is 18.4 Å². The minimum absolute atomic E-state index is 0.0182. The van der Waals surface area contributed by atoms with E-state index in [1.165, 1.54) is 13.2 Å². The number of hydrogen-bond acceptors (Lipinski definition) is 6. The summed E-state index contributed by atoms with van der Waals surface area (Å²) in [5.41, 5.74) is 0.979. The number of rotatable bonds is 6. The molecule has 190 valence electrons. The van der Waals surface area contributed by atoms with Crippen LogP contribution in [0.25, 0.3) is 0 Å². The van der Waals surface area contributed by atoms with Crippen molar-refractivity contribution in [3.8, 4) is 5.75 Å². The van der Waals surface area contributed by atoms with Crippen LogP contribution in [0.3, 0.4) is 0 Å². The molecule has 0 radical (unpaired) electrons. The fourth-order valence-corrected chi connectivity index (χ4v) is 5.47. The van der Waals surface area contributed by atoms with Crippen LogP contribution in [0, 0.1) is 5.92 Å². The van der Waals surface area contributed by atoms with E-state index in [0.717, 1.165) is 18.4 Å². The van der Waals surface area contributed by atoms with Crippen molar-refractivity contribution in [3.63, 3.8) is 0 Å². The molecule has 9 heteroatoms. The van der Waals surface area contributed by atoms with Gasteiger partial charge in [0.05, 0.1) is 19.1 Å². The van der Waals surface area contributed by atoms with Crippen LogP contribution in [0.1, 0.15) is 40.9 Å². The molecule has 1 aliphatic carbocycles. The summed E-state index contributed by atoms with van der Waals surface area (Å²) in [4.78, 5) is 54.8. The maximum atomic E-state index is 13.6. The number of aromatic nitrogens is 1. The molecule has 1 saturated carbocycles. The topological polar surface area (TPSA) is 98.2 Å². The number of amides is 2. The third kappa shape index (κ3) is 4.27. The molecule has 1 saturated heterocycles. The Hall–Kier alpha value is -3.62. The van der Waals surface area contributed by atoms with Gasteiger partial charge >= 0.3 is 5.97 Å². The molecule has 2 aliphatic heterocycles. The third-order valence-corrected chi connectivity index (χ3v) is 7.65. The lowest BCUT2D eigenvalue weighted by molar-refractivity contribution is -0.134. The van der Waals surface area contributed by atoms with Crippen molar-refractivity contribution in [2.75, 3.05) is 40.4 Å². The van der Waals surface area contributed by atoms with Gasteiger partial charge in [0, 0.05) is 63.7 Å². The average molecular weight is 494 g/mol. The summed E-state index contributed by atoms with van der Waals surface area (Å²) in [6.45, 7) is 1.85. The number of carbonyl (C=O) groups excluding carboxylic acids is 3. The van der Waals surface area contributed by atoms with E-state index in [1.54, 1.807) is 16.5 Å². The number of methoxy groups -OCH3 is 1. The van der Waals surface area contributed by atoms with Gasteiger partial charge in [0.2, 0.25) is 11.8 Å². The Bertz CT molecular complexity index is 1250. The van der Waals surface area contributed by atoms with Gasteiger partial charge in [-0.25, -0.2) is 4.79 Å². The molecule has 0 N–H and O–H groups in total. The van der Waals surface area contributed by atoms with Gasteiger partial charge in [0.25, 0.3) is 5.56 Å². The maximum Gasteiger partial charge on any atom is 0.343 e. The zero-order valence-corrected chi connectivity index (χ0v) is 20.7. The summed E-state index contributed by atoms with van der Waals surface area (Å²) in [5, 5.41) is 0. The van der Waals surface area contributed by atoms with Gasteiger partial charge in [-0.2, -0.15) is 0 Å². The third-order valence-electron chi connectivity index (χ3n) is 7.65. The van der Waals surface area contributed by atoms with Gasteiger partial charge in [0.1, 0.15) is 11.3 Å². The lowest BCUT2D eigenvalue weighted by Gasteiger charge is -2.26. The summed E-state index contributed by atoms with van der Waals surface area (Å²) in [6.07, 6.45) is 2.32. The number of pyridine rings is 1. The molecule has 9 nitrogen and oxygen atoms in total. The number of nitrogens with zero attached hydrogens (tertiary/aromatic N) is 3. The smallest absolute Gasteiger partial charge is 0.343 e. The van der Waals surface area contributed by atoms with Crippen molar-refractivity contribution < 1.29 is 23.9 Å². The van der Waals surface area contributed by atoms with Gasteiger partial charge in [-0.15, -0.1) is 0 Å². The predicted octanol–water partition coefficient (Wildman–Crippen LogP) is 1.61. The highest BCUT2D eigenvalue weighted by Crippen LogP contribution is 2.49. The Morgan fingerprint density at radius 2 is 1.83 bits per heavy atom. The molecule has 5 rings (SSSR count). The van der Waals surface area contributed by atoms with Gasteiger partial charge < -0.3 is 23.8 Å². The molecule has 2 amide bonds. The first-order valence-electron chi connectivity index (χ1n) is 12.4.